The second kappa shape index (κ2) is 5.79. The van der Waals surface area contributed by atoms with Crippen molar-refractivity contribution in [3.8, 4) is 5.75 Å². The van der Waals surface area contributed by atoms with Crippen LogP contribution in [0.4, 0.5) is 0 Å². The Morgan fingerprint density at radius 2 is 2.12 bits per heavy atom. The van der Waals surface area contributed by atoms with Gasteiger partial charge in [0.2, 0.25) is 5.91 Å². The molecule has 1 unspecified atom stereocenters. The third-order valence-corrected chi connectivity index (χ3v) is 5.91. The Morgan fingerprint density at radius 3 is 2.76 bits per heavy atom. The van der Waals surface area contributed by atoms with Crippen molar-refractivity contribution >= 4 is 22.8 Å². The van der Waals surface area contributed by atoms with Crippen LogP contribution in [0, 0.1) is 11.3 Å². The van der Waals surface area contributed by atoms with E-state index < -0.39 is 5.97 Å². The van der Waals surface area contributed by atoms with E-state index in [4.69, 9.17) is 4.74 Å². The third kappa shape index (κ3) is 2.65. The standard InChI is InChI=1S/C19H22N2O4/c1-25-15-4-2-3-14-17(15)12(11-20-14)9-16(22)21-7-5-19(6-8-21)10-13(19)18(23)24/h2-4,11,13,20H,5-10H2,1H3,(H,23,24). The molecule has 1 aromatic heterocycles. The molecular formula is C19H22N2O4. The number of rotatable bonds is 4. The van der Waals surface area contributed by atoms with Crippen LogP contribution in [-0.4, -0.2) is 47.1 Å². The highest BCUT2D eigenvalue weighted by Gasteiger charge is 2.59. The first kappa shape index (κ1) is 16.0. The quantitative estimate of drug-likeness (QED) is 0.894. The number of aliphatic carboxylic acids is 1. The van der Waals surface area contributed by atoms with E-state index in [0.29, 0.717) is 19.5 Å². The molecule has 1 aromatic carbocycles. The zero-order valence-electron chi connectivity index (χ0n) is 14.2. The number of amides is 1. The van der Waals surface area contributed by atoms with E-state index >= 15 is 0 Å². The molecule has 0 radical (unpaired) electrons. The Bertz CT molecular complexity index is 833. The summed E-state index contributed by atoms with van der Waals surface area (Å²) in [4.78, 5) is 28.9. The highest BCUT2D eigenvalue weighted by atomic mass is 16.5. The van der Waals surface area contributed by atoms with Crippen molar-refractivity contribution in [2.45, 2.75) is 25.7 Å². The molecule has 1 amide bonds. The summed E-state index contributed by atoms with van der Waals surface area (Å²) in [6.45, 7) is 1.31. The predicted molar refractivity (Wildman–Crippen MR) is 92.5 cm³/mol. The fourth-order valence-electron chi connectivity index (χ4n) is 4.25. The Morgan fingerprint density at radius 1 is 1.36 bits per heavy atom. The monoisotopic (exact) mass is 342 g/mol. The van der Waals surface area contributed by atoms with E-state index in [-0.39, 0.29) is 17.2 Å². The molecule has 2 fully saturated rings. The number of ether oxygens (including phenoxy) is 1. The first-order valence-electron chi connectivity index (χ1n) is 8.68. The van der Waals surface area contributed by atoms with E-state index in [1.54, 1.807) is 7.11 Å². The molecule has 2 aromatic rings. The fraction of sp³-hybridized carbons (Fsp3) is 0.474. The Balaban J connectivity index is 1.44. The van der Waals surface area contributed by atoms with Crippen LogP contribution < -0.4 is 4.74 Å². The van der Waals surface area contributed by atoms with Crippen LogP contribution in [-0.2, 0) is 16.0 Å². The van der Waals surface area contributed by atoms with Gasteiger partial charge in [-0.15, -0.1) is 0 Å². The first-order chi connectivity index (χ1) is 12.0. The van der Waals surface area contributed by atoms with Crippen LogP contribution in [0.1, 0.15) is 24.8 Å². The highest BCUT2D eigenvalue weighted by Crippen LogP contribution is 2.59. The lowest BCUT2D eigenvalue weighted by Crippen LogP contribution is -2.40. The molecule has 6 heteroatoms. The number of nitrogens with one attached hydrogen (secondary N) is 1. The van der Waals surface area contributed by atoms with Gasteiger partial charge in [-0.1, -0.05) is 6.07 Å². The Kier molecular flexibility index (Phi) is 3.71. The zero-order valence-corrected chi connectivity index (χ0v) is 14.2. The van der Waals surface area contributed by atoms with Gasteiger partial charge in [-0.2, -0.15) is 0 Å². The van der Waals surface area contributed by atoms with Gasteiger partial charge in [-0.05, 0) is 42.4 Å². The molecule has 4 rings (SSSR count). The predicted octanol–water partition coefficient (Wildman–Crippen LogP) is 2.43. The number of likely N-dealkylation sites (tertiary alicyclic amines) is 1. The molecule has 2 aliphatic rings. The number of nitrogens with zero attached hydrogens (tertiary/aromatic N) is 1. The number of aromatic nitrogens is 1. The van der Waals surface area contributed by atoms with Crippen molar-refractivity contribution in [2.24, 2.45) is 11.3 Å². The van der Waals surface area contributed by atoms with Crippen molar-refractivity contribution < 1.29 is 19.4 Å². The van der Waals surface area contributed by atoms with Gasteiger partial charge in [0.1, 0.15) is 5.75 Å². The highest BCUT2D eigenvalue weighted by molar-refractivity contribution is 5.93. The van der Waals surface area contributed by atoms with E-state index in [1.807, 2.05) is 29.3 Å². The number of carboxylic acids is 1. The van der Waals surface area contributed by atoms with Gasteiger partial charge in [0, 0.05) is 30.2 Å². The van der Waals surface area contributed by atoms with Crippen LogP contribution in [0.2, 0.25) is 0 Å². The molecule has 0 bridgehead atoms. The summed E-state index contributed by atoms with van der Waals surface area (Å²) in [7, 11) is 1.63. The molecule has 2 N–H and O–H groups in total. The number of hydrogen-bond acceptors (Lipinski definition) is 3. The van der Waals surface area contributed by atoms with Gasteiger partial charge in [-0.3, -0.25) is 9.59 Å². The number of H-pyrrole nitrogens is 1. The van der Waals surface area contributed by atoms with Gasteiger partial charge in [0.15, 0.2) is 0 Å². The molecule has 1 atom stereocenters. The second-order valence-corrected chi connectivity index (χ2v) is 7.21. The number of aromatic amines is 1. The van der Waals surface area contributed by atoms with Crippen LogP contribution in [0.25, 0.3) is 10.9 Å². The smallest absolute Gasteiger partial charge is 0.307 e. The average Bonchev–Trinajstić information content (AvgIpc) is 3.17. The second-order valence-electron chi connectivity index (χ2n) is 7.21. The van der Waals surface area contributed by atoms with E-state index in [1.165, 1.54) is 0 Å². The summed E-state index contributed by atoms with van der Waals surface area (Å²) >= 11 is 0. The lowest BCUT2D eigenvalue weighted by atomic mass is 9.90. The summed E-state index contributed by atoms with van der Waals surface area (Å²) in [6, 6.07) is 5.78. The van der Waals surface area contributed by atoms with E-state index in [9.17, 15) is 14.7 Å². The molecular weight excluding hydrogens is 320 g/mol. The normalized spacial score (nSPS) is 21.5. The third-order valence-electron chi connectivity index (χ3n) is 5.91. The maximum absolute atomic E-state index is 12.7. The van der Waals surface area contributed by atoms with Crippen molar-refractivity contribution in [3.63, 3.8) is 0 Å². The SMILES string of the molecule is COc1cccc2[nH]cc(CC(=O)N3CCC4(CC3)CC4C(=O)O)c12. The van der Waals surface area contributed by atoms with Crippen molar-refractivity contribution in [2.75, 3.05) is 20.2 Å². The van der Waals surface area contributed by atoms with Crippen molar-refractivity contribution in [1.29, 1.82) is 0 Å². The molecule has 1 saturated heterocycles. The summed E-state index contributed by atoms with van der Waals surface area (Å²) in [5, 5.41) is 10.1. The number of piperidine rings is 1. The molecule has 2 heterocycles. The fourth-order valence-corrected chi connectivity index (χ4v) is 4.25. The largest absolute Gasteiger partial charge is 0.496 e. The molecule has 132 valence electrons. The number of fused-ring (bicyclic) bond motifs is 1. The van der Waals surface area contributed by atoms with Crippen LogP contribution >= 0.6 is 0 Å². The number of benzene rings is 1. The minimum Gasteiger partial charge on any atom is -0.496 e. The van der Waals surface area contributed by atoms with Crippen molar-refractivity contribution in [3.05, 3.63) is 30.0 Å². The number of carbonyl (C=O) groups is 2. The summed E-state index contributed by atoms with van der Waals surface area (Å²) in [5.41, 5.74) is 1.85. The van der Waals surface area contributed by atoms with Crippen LogP contribution in [0.5, 0.6) is 5.75 Å². The maximum Gasteiger partial charge on any atom is 0.307 e. The van der Waals surface area contributed by atoms with Crippen LogP contribution in [0.15, 0.2) is 24.4 Å². The minimum atomic E-state index is -0.689. The molecule has 1 aliphatic carbocycles. The van der Waals surface area contributed by atoms with E-state index in [0.717, 1.165) is 41.5 Å². The number of hydrogen-bond donors (Lipinski definition) is 2. The number of methoxy groups -OCH3 is 1. The average molecular weight is 342 g/mol. The first-order valence-corrected chi connectivity index (χ1v) is 8.68. The molecule has 6 nitrogen and oxygen atoms in total. The number of carbonyl (C=O) groups excluding carboxylic acids is 1. The lowest BCUT2D eigenvalue weighted by Gasteiger charge is -2.32. The maximum atomic E-state index is 12.7. The zero-order chi connectivity index (χ0) is 17.6. The lowest BCUT2D eigenvalue weighted by molar-refractivity contribution is -0.139. The summed E-state index contributed by atoms with van der Waals surface area (Å²) in [6.07, 6.45) is 4.57. The molecule has 25 heavy (non-hydrogen) atoms. The van der Waals surface area contributed by atoms with Gasteiger partial charge in [0.25, 0.3) is 0 Å². The Hall–Kier alpha value is -2.50. The van der Waals surface area contributed by atoms with Gasteiger partial charge >= 0.3 is 5.97 Å². The van der Waals surface area contributed by atoms with Crippen LogP contribution in [0.3, 0.4) is 0 Å². The molecule has 1 aliphatic heterocycles. The topological polar surface area (TPSA) is 82.6 Å². The van der Waals surface area contributed by atoms with Gasteiger partial charge in [0.05, 0.1) is 19.4 Å². The van der Waals surface area contributed by atoms with Gasteiger partial charge < -0.3 is 19.7 Å². The van der Waals surface area contributed by atoms with Gasteiger partial charge in [-0.25, -0.2) is 0 Å². The minimum absolute atomic E-state index is 0.0490. The number of carboxylic acid groups (broad SMARTS) is 1. The Labute approximate surface area is 145 Å². The summed E-state index contributed by atoms with van der Waals surface area (Å²) in [5.74, 6) is -0.0381. The van der Waals surface area contributed by atoms with E-state index in [2.05, 4.69) is 4.98 Å². The molecule has 1 saturated carbocycles. The summed E-state index contributed by atoms with van der Waals surface area (Å²) < 4.78 is 5.42. The van der Waals surface area contributed by atoms with Crippen molar-refractivity contribution in [1.82, 2.24) is 9.88 Å². The molecule has 1 spiro atoms.